The number of guanidine groups is 1. The molecule has 1 atom stereocenters. The summed E-state index contributed by atoms with van der Waals surface area (Å²) in [5.41, 5.74) is 7.13. The number of rotatable bonds is 4. The molecule has 112 valence electrons. The van der Waals surface area contributed by atoms with Crippen molar-refractivity contribution in [1.29, 1.82) is 0 Å². The topological polar surface area (TPSA) is 59.6 Å². The molecule has 1 aliphatic carbocycles. The van der Waals surface area contributed by atoms with Crippen LogP contribution in [0.2, 0.25) is 0 Å². The monoisotopic (exact) mass is 389 g/mol. The van der Waals surface area contributed by atoms with E-state index in [4.69, 9.17) is 10.5 Å². The molecule has 4 nitrogen and oxygen atoms in total. The molecule has 1 aliphatic rings. The van der Waals surface area contributed by atoms with Crippen molar-refractivity contribution >= 4 is 35.6 Å². The molecule has 1 aromatic rings. The van der Waals surface area contributed by atoms with Gasteiger partial charge in [-0.2, -0.15) is 0 Å². The Morgan fingerprint density at radius 2 is 1.90 bits per heavy atom. The van der Waals surface area contributed by atoms with E-state index in [1.54, 1.807) is 0 Å². The largest absolute Gasteiger partial charge is 0.491 e. The van der Waals surface area contributed by atoms with E-state index >= 15 is 0 Å². The maximum Gasteiger partial charge on any atom is 0.193 e. The molecular weight excluding hydrogens is 365 g/mol. The number of benzene rings is 1. The van der Waals surface area contributed by atoms with Crippen LogP contribution in [-0.2, 0) is 0 Å². The average Bonchev–Trinajstić information content (AvgIpc) is 2.88. The Hall–Kier alpha value is -0.980. The lowest BCUT2D eigenvalue weighted by Crippen LogP contribution is -2.23. The van der Waals surface area contributed by atoms with Crippen molar-refractivity contribution in [3.8, 4) is 5.75 Å². The zero-order valence-corrected chi connectivity index (χ0v) is 14.8. The Balaban J connectivity index is 0.00000200. The summed E-state index contributed by atoms with van der Waals surface area (Å²) in [6.07, 6.45) is 1.29. The van der Waals surface area contributed by atoms with Crippen LogP contribution in [-0.4, -0.2) is 18.1 Å². The molecule has 3 N–H and O–H groups in total. The Bertz CT molecular complexity index is 469. The van der Waals surface area contributed by atoms with Crippen molar-refractivity contribution in [2.24, 2.45) is 16.1 Å². The van der Waals surface area contributed by atoms with Gasteiger partial charge in [0.05, 0.1) is 12.1 Å². The minimum atomic E-state index is 0. The molecule has 5 heteroatoms. The van der Waals surface area contributed by atoms with Gasteiger partial charge in [-0.05, 0) is 49.9 Å². The molecular formula is C15H24IN3O. The van der Waals surface area contributed by atoms with Crippen molar-refractivity contribution in [2.45, 2.75) is 46.3 Å². The van der Waals surface area contributed by atoms with Crippen molar-refractivity contribution in [2.75, 3.05) is 5.32 Å². The highest BCUT2D eigenvalue weighted by Gasteiger charge is 2.45. The van der Waals surface area contributed by atoms with Crippen LogP contribution in [0, 0.1) is 5.41 Å². The third-order valence-corrected chi connectivity index (χ3v) is 3.25. The number of hydrogen-bond donors (Lipinski definition) is 2. The van der Waals surface area contributed by atoms with Crippen molar-refractivity contribution < 1.29 is 4.74 Å². The molecule has 0 amide bonds. The fourth-order valence-corrected chi connectivity index (χ4v) is 1.90. The number of nitrogens with one attached hydrogen (secondary N) is 1. The number of halogens is 1. The summed E-state index contributed by atoms with van der Waals surface area (Å²) in [5.74, 6) is 1.34. The van der Waals surface area contributed by atoms with Gasteiger partial charge in [-0.15, -0.1) is 24.0 Å². The van der Waals surface area contributed by atoms with Crippen LogP contribution in [0.5, 0.6) is 5.75 Å². The molecule has 0 bridgehead atoms. The van der Waals surface area contributed by atoms with E-state index in [9.17, 15) is 0 Å². The molecule has 1 saturated carbocycles. The van der Waals surface area contributed by atoms with Gasteiger partial charge >= 0.3 is 0 Å². The van der Waals surface area contributed by atoms with Gasteiger partial charge in [0.2, 0.25) is 0 Å². The van der Waals surface area contributed by atoms with Crippen molar-refractivity contribution in [1.82, 2.24) is 0 Å². The predicted octanol–water partition coefficient (Wildman–Crippen LogP) is 3.62. The maximum atomic E-state index is 5.89. The van der Waals surface area contributed by atoms with Crippen LogP contribution in [0.15, 0.2) is 29.3 Å². The van der Waals surface area contributed by atoms with E-state index in [0.717, 1.165) is 17.9 Å². The zero-order chi connectivity index (χ0) is 14.0. The second-order valence-electron chi connectivity index (χ2n) is 6.04. The maximum absolute atomic E-state index is 5.89. The Morgan fingerprint density at radius 1 is 1.35 bits per heavy atom. The molecule has 0 spiro atoms. The van der Waals surface area contributed by atoms with Gasteiger partial charge in [-0.1, -0.05) is 13.8 Å². The predicted molar refractivity (Wildman–Crippen MR) is 95.1 cm³/mol. The highest BCUT2D eigenvalue weighted by atomic mass is 127. The number of nitrogens with zero attached hydrogens (tertiary/aromatic N) is 1. The number of aliphatic imine (C=N–C) groups is 1. The summed E-state index contributed by atoms with van der Waals surface area (Å²) < 4.78 is 5.59. The van der Waals surface area contributed by atoms with E-state index in [0.29, 0.717) is 17.4 Å². The quantitative estimate of drug-likeness (QED) is 0.470. The molecule has 0 aliphatic heterocycles. The Labute approximate surface area is 138 Å². The summed E-state index contributed by atoms with van der Waals surface area (Å²) in [7, 11) is 0. The van der Waals surface area contributed by atoms with Gasteiger partial charge in [0.15, 0.2) is 5.96 Å². The van der Waals surface area contributed by atoms with Gasteiger partial charge in [0.25, 0.3) is 0 Å². The number of anilines is 1. The molecule has 20 heavy (non-hydrogen) atoms. The lowest BCUT2D eigenvalue weighted by atomic mass is 10.2. The minimum absolute atomic E-state index is 0. The summed E-state index contributed by atoms with van der Waals surface area (Å²) in [4.78, 5) is 4.46. The van der Waals surface area contributed by atoms with E-state index in [1.807, 2.05) is 38.1 Å². The van der Waals surface area contributed by atoms with E-state index in [1.165, 1.54) is 0 Å². The van der Waals surface area contributed by atoms with Gasteiger partial charge in [-0.25, -0.2) is 4.99 Å². The first-order chi connectivity index (χ1) is 8.87. The highest BCUT2D eigenvalue weighted by Crippen LogP contribution is 2.47. The molecule has 2 rings (SSSR count). The normalized spacial score (nSPS) is 20.2. The van der Waals surface area contributed by atoms with E-state index in [2.05, 4.69) is 24.2 Å². The second-order valence-corrected chi connectivity index (χ2v) is 6.04. The first-order valence-electron chi connectivity index (χ1n) is 6.74. The molecule has 1 aromatic carbocycles. The molecule has 0 saturated heterocycles. The first-order valence-corrected chi connectivity index (χ1v) is 6.74. The average molecular weight is 389 g/mol. The Kier molecular flexibility index (Phi) is 5.68. The molecule has 0 radical (unpaired) electrons. The van der Waals surface area contributed by atoms with Crippen LogP contribution < -0.4 is 15.8 Å². The van der Waals surface area contributed by atoms with Crippen molar-refractivity contribution in [3.63, 3.8) is 0 Å². The van der Waals surface area contributed by atoms with Crippen molar-refractivity contribution in [3.05, 3.63) is 24.3 Å². The van der Waals surface area contributed by atoms with E-state index in [-0.39, 0.29) is 30.1 Å². The summed E-state index contributed by atoms with van der Waals surface area (Å²) >= 11 is 0. The lowest BCUT2D eigenvalue weighted by molar-refractivity contribution is 0.242. The second kappa shape index (κ2) is 6.65. The van der Waals surface area contributed by atoms with Gasteiger partial charge in [0, 0.05) is 5.69 Å². The lowest BCUT2D eigenvalue weighted by Gasteiger charge is -2.11. The summed E-state index contributed by atoms with van der Waals surface area (Å²) in [5, 5.41) is 3.10. The third kappa shape index (κ3) is 4.85. The fraction of sp³-hybridized carbons (Fsp3) is 0.533. The summed E-state index contributed by atoms with van der Waals surface area (Å²) in [6.45, 7) is 8.42. The first kappa shape index (κ1) is 17.1. The summed E-state index contributed by atoms with van der Waals surface area (Å²) in [6, 6.07) is 8.09. The Morgan fingerprint density at radius 3 is 2.35 bits per heavy atom. The third-order valence-electron chi connectivity index (χ3n) is 3.25. The highest BCUT2D eigenvalue weighted by molar-refractivity contribution is 14.0. The van der Waals surface area contributed by atoms with Crippen LogP contribution in [0.1, 0.15) is 34.1 Å². The standard InChI is InChI=1S/C15H23N3O.HI/c1-10(2)19-12-7-5-11(6-8-12)17-14(16)18-13-9-15(13,3)4;/h5-8,10,13H,9H2,1-4H3,(H3,16,17,18);1H. The minimum Gasteiger partial charge on any atom is -0.491 e. The van der Waals surface area contributed by atoms with Crippen LogP contribution in [0.3, 0.4) is 0 Å². The SMILES string of the molecule is CC(C)Oc1ccc(NC(N)=NC2CC2(C)C)cc1.I. The van der Waals surface area contributed by atoms with Gasteiger partial charge in [-0.3, -0.25) is 0 Å². The number of ether oxygens (including phenoxy) is 1. The molecule has 0 aromatic heterocycles. The molecule has 1 fully saturated rings. The van der Waals surface area contributed by atoms with Crippen LogP contribution in [0.4, 0.5) is 5.69 Å². The van der Waals surface area contributed by atoms with Gasteiger partial charge < -0.3 is 15.8 Å². The van der Waals surface area contributed by atoms with Crippen LogP contribution in [0.25, 0.3) is 0 Å². The number of nitrogens with two attached hydrogens (primary N) is 1. The van der Waals surface area contributed by atoms with E-state index < -0.39 is 0 Å². The molecule has 0 heterocycles. The van der Waals surface area contributed by atoms with Gasteiger partial charge in [0.1, 0.15) is 5.75 Å². The van der Waals surface area contributed by atoms with Crippen LogP contribution >= 0.6 is 24.0 Å². The zero-order valence-electron chi connectivity index (χ0n) is 12.5. The smallest absolute Gasteiger partial charge is 0.193 e. The fourth-order valence-electron chi connectivity index (χ4n) is 1.90. The number of hydrogen-bond acceptors (Lipinski definition) is 2. The molecule has 1 unspecified atom stereocenters.